The van der Waals surface area contributed by atoms with Crippen LogP contribution in [-0.4, -0.2) is 54.2 Å². The molecule has 31 heavy (non-hydrogen) atoms. The molecule has 0 spiro atoms. The van der Waals surface area contributed by atoms with Crippen LogP contribution >= 0.6 is 11.8 Å². The minimum absolute atomic E-state index is 0.273. The molecular formula is C26H34N2O2S. The van der Waals surface area contributed by atoms with Crippen LogP contribution in [0, 0.1) is 5.92 Å². The fraction of sp³-hybridized carbons (Fsp3) is 0.500. The Morgan fingerprint density at radius 3 is 2.65 bits per heavy atom. The normalized spacial score (nSPS) is 20.2. The molecule has 0 saturated carbocycles. The van der Waals surface area contributed by atoms with E-state index in [-0.39, 0.29) is 5.91 Å². The average molecular weight is 439 g/mol. The van der Waals surface area contributed by atoms with E-state index in [4.69, 9.17) is 4.74 Å². The first kappa shape index (κ1) is 22.2. The number of ether oxygens (including phenoxy) is 1. The van der Waals surface area contributed by atoms with Gasteiger partial charge in [-0.05, 0) is 67.6 Å². The van der Waals surface area contributed by atoms with E-state index in [1.807, 2.05) is 22.7 Å². The fourth-order valence-electron chi connectivity index (χ4n) is 4.72. The third kappa shape index (κ3) is 6.05. The Hall–Kier alpha value is -1.98. The summed E-state index contributed by atoms with van der Waals surface area (Å²) < 4.78 is 5.40. The van der Waals surface area contributed by atoms with Crippen LogP contribution in [-0.2, 0) is 17.8 Å². The summed E-state index contributed by atoms with van der Waals surface area (Å²) in [6, 6.07) is 17.0. The largest absolute Gasteiger partial charge is 0.497 e. The highest BCUT2D eigenvalue weighted by atomic mass is 32.2. The van der Waals surface area contributed by atoms with Crippen molar-refractivity contribution in [3.63, 3.8) is 0 Å². The number of carbonyl (C=O) groups is 1. The quantitative estimate of drug-likeness (QED) is 0.645. The van der Waals surface area contributed by atoms with Gasteiger partial charge in [0.05, 0.1) is 7.11 Å². The molecule has 0 aromatic heterocycles. The number of amides is 1. The van der Waals surface area contributed by atoms with Gasteiger partial charge >= 0.3 is 0 Å². The van der Waals surface area contributed by atoms with Crippen molar-refractivity contribution in [2.24, 2.45) is 5.92 Å². The number of methoxy groups -OCH3 is 1. The molecule has 166 valence electrons. The molecule has 4 nitrogen and oxygen atoms in total. The van der Waals surface area contributed by atoms with E-state index < -0.39 is 0 Å². The standard InChI is InChI=1S/C26H34N2O2S/c1-20-18-28(19-23-17-24(30-2)8-9-25(23)31-20)26(29)12-15-27-13-10-22(11-14-27)16-21-6-4-3-5-7-21/h3-9,17,20,22H,10-16,18-19H2,1-2H3. The second-order valence-corrected chi connectivity index (χ2v) is 10.4. The molecule has 2 aromatic carbocycles. The Morgan fingerprint density at radius 2 is 1.90 bits per heavy atom. The van der Waals surface area contributed by atoms with Gasteiger partial charge in [-0.25, -0.2) is 0 Å². The molecule has 4 rings (SSSR count). The summed E-state index contributed by atoms with van der Waals surface area (Å²) in [6.07, 6.45) is 4.25. The maximum absolute atomic E-state index is 13.1. The molecule has 1 unspecified atom stereocenters. The molecule has 1 saturated heterocycles. The second kappa shape index (κ2) is 10.6. The van der Waals surface area contributed by atoms with E-state index in [2.05, 4.69) is 54.3 Å². The number of piperidine rings is 1. The van der Waals surface area contributed by atoms with Gasteiger partial charge in [-0.3, -0.25) is 4.79 Å². The molecule has 0 bridgehead atoms. The Labute approximate surface area is 191 Å². The van der Waals surface area contributed by atoms with Gasteiger partial charge in [-0.1, -0.05) is 37.3 Å². The zero-order valence-electron chi connectivity index (χ0n) is 18.8. The van der Waals surface area contributed by atoms with Crippen molar-refractivity contribution in [1.82, 2.24) is 9.80 Å². The summed E-state index contributed by atoms with van der Waals surface area (Å²) in [7, 11) is 1.69. The van der Waals surface area contributed by atoms with Crippen molar-refractivity contribution in [3.05, 3.63) is 59.7 Å². The van der Waals surface area contributed by atoms with Crippen LogP contribution in [0.15, 0.2) is 53.4 Å². The summed E-state index contributed by atoms with van der Waals surface area (Å²) in [6.45, 7) is 6.79. The van der Waals surface area contributed by atoms with Crippen LogP contribution < -0.4 is 4.74 Å². The zero-order chi connectivity index (χ0) is 21.6. The van der Waals surface area contributed by atoms with Gasteiger partial charge in [0.2, 0.25) is 5.91 Å². The van der Waals surface area contributed by atoms with Gasteiger partial charge in [-0.2, -0.15) is 0 Å². The third-order valence-electron chi connectivity index (χ3n) is 6.50. The Balaban J connectivity index is 1.26. The van der Waals surface area contributed by atoms with Gasteiger partial charge in [0.25, 0.3) is 0 Å². The van der Waals surface area contributed by atoms with E-state index in [0.717, 1.165) is 37.8 Å². The predicted molar refractivity (Wildman–Crippen MR) is 128 cm³/mol. The highest BCUT2D eigenvalue weighted by molar-refractivity contribution is 8.00. The Kier molecular flexibility index (Phi) is 7.57. The molecule has 2 aliphatic heterocycles. The zero-order valence-corrected chi connectivity index (χ0v) is 19.6. The lowest BCUT2D eigenvalue weighted by molar-refractivity contribution is -0.132. The molecular weight excluding hydrogens is 404 g/mol. The first-order valence-electron chi connectivity index (χ1n) is 11.5. The Bertz CT molecular complexity index is 865. The van der Waals surface area contributed by atoms with Gasteiger partial charge in [0.15, 0.2) is 0 Å². The lowest BCUT2D eigenvalue weighted by Crippen LogP contribution is -2.39. The fourth-order valence-corrected chi connectivity index (χ4v) is 5.83. The van der Waals surface area contributed by atoms with Crippen LogP contribution in [0.25, 0.3) is 0 Å². The molecule has 2 aromatic rings. The van der Waals surface area contributed by atoms with Crippen LogP contribution in [0.5, 0.6) is 5.75 Å². The third-order valence-corrected chi connectivity index (χ3v) is 7.71. The minimum Gasteiger partial charge on any atom is -0.497 e. The molecule has 1 atom stereocenters. The number of fused-ring (bicyclic) bond motifs is 1. The maximum atomic E-state index is 13.1. The van der Waals surface area contributed by atoms with Crippen LogP contribution in [0.1, 0.15) is 37.3 Å². The van der Waals surface area contributed by atoms with Gasteiger partial charge in [-0.15, -0.1) is 11.8 Å². The maximum Gasteiger partial charge on any atom is 0.224 e. The van der Waals surface area contributed by atoms with Gasteiger partial charge < -0.3 is 14.5 Å². The highest BCUT2D eigenvalue weighted by Gasteiger charge is 2.25. The van der Waals surface area contributed by atoms with Crippen molar-refractivity contribution in [3.8, 4) is 5.75 Å². The number of hydrogen-bond donors (Lipinski definition) is 0. The highest BCUT2D eigenvalue weighted by Crippen LogP contribution is 2.34. The van der Waals surface area contributed by atoms with E-state index in [1.54, 1.807) is 7.11 Å². The molecule has 1 fully saturated rings. The van der Waals surface area contributed by atoms with Crippen molar-refractivity contribution < 1.29 is 9.53 Å². The molecule has 2 heterocycles. The number of thioether (sulfide) groups is 1. The lowest BCUT2D eigenvalue weighted by atomic mass is 9.90. The van der Waals surface area contributed by atoms with Crippen molar-refractivity contribution in [2.75, 3.05) is 33.3 Å². The lowest BCUT2D eigenvalue weighted by Gasteiger charge is -2.32. The summed E-state index contributed by atoms with van der Waals surface area (Å²) in [5.41, 5.74) is 2.64. The van der Waals surface area contributed by atoms with Crippen LogP contribution in [0.4, 0.5) is 0 Å². The summed E-state index contributed by atoms with van der Waals surface area (Å²) in [4.78, 5) is 18.9. The first-order valence-corrected chi connectivity index (χ1v) is 12.4. The molecule has 2 aliphatic rings. The molecule has 5 heteroatoms. The monoisotopic (exact) mass is 438 g/mol. The average Bonchev–Trinajstić information content (AvgIpc) is 2.96. The van der Waals surface area contributed by atoms with E-state index >= 15 is 0 Å². The summed E-state index contributed by atoms with van der Waals surface area (Å²) in [5.74, 6) is 1.90. The van der Waals surface area contributed by atoms with E-state index in [0.29, 0.717) is 18.2 Å². The number of likely N-dealkylation sites (tertiary alicyclic amines) is 1. The van der Waals surface area contributed by atoms with Crippen molar-refractivity contribution in [2.45, 2.75) is 49.3 Å². The minimum atomic E-state index is 0.273. The second-order valence-electron chi connectivity index (χ2n) is 8.90. The Morgan fingerprint density at radius 1 is 1.13 bits per heavy atom. The summed E-state index contributed by atoms with van der Waals surface area (Å²) in [5, 5.41) is 0.396. The van der Waals surface area contributed by atoms with E-state index in [9.17, 15) is 4.79 Å². The SMILES string of the molecule is COc1ccc2c(c1)CN(C(=O)CCN1CCC(Cc3ccccc3)CC1)CC(C)S2. The predicted octanol–water partition coefficient (Wildman–Crippen LogP) is 4.86. The summed E-state index contributed by atoms with van der Waals surface area (Å²) >= 11 is 1.86. The molecule has 0 aliphatic carbocycles. The van der Waals surface area contributed by atoms with Gasteiger partial charge in [0, 0.05) is 36.2 Å². The number of nitrogens with zero attached hydrogens (tertiary/aromatic N) is 2. The number of carbonyl (C=O) groups excluding carboxylic acids is 1. The van der Waals surface area contributed by atoms with Crippen molar-refractivity contribution >= 4 is 17.7 Å². The van der Waals surface area contributed by atoms with E-state index in [1.165, 1.54) is 35.3 Å². The molecule has 0 radical (unpaired) electrons. The van der Waals surface area contributed by atoms with Crippen molar-refractivity contribution in [1.29, 1.82) is 0 Å². The number of rotatable bonds is 6. The number of benzene rings is 2. The van der Waals surface area contributed by atoms with Crippen LogP contribution in [0.3, 0.4) is 0 Å². The smallest absolute Gasteiger partial charge is 0.224 e. The topological polar surface area (TPSA) is 32.8 Å². The van der Waals surface area contributed by atoms with Gasteiger partial charge in [0.1, 0.15) is 5.75 Å². The van der Waals surface area contributed by atoms with Crippen LogP contribution in [0.2, 0.25) is 0 Å². The molecule has 1 amide bonds. The number of hydrogen-bond acceptors (Lipinski definition) is 4. The first-order chi connectivity index (χ1) is 15.1. The molecule has 0 N–H and O–H groups in total.